The van der Waals surface area contributed by atoms with Crippen molar-refractivity contribution in [3.63, 3.8) is 0 Å². The number of piperazine rings is 1. The summed E-state index contributed by atoms with van der Waals surface area (Å²) < 4.78 is 27.1. The van der Waals surface area contributed by atoms with Crippen molar-refractivity contribution in [1.29, 1.82) is 5.26 Å². The largest absolute Gasteiger partial charge is 0.283 e. The molecule has 1 saturated heterocycles. The topological polar surface area (TPSA) is 64.4 Å². The van der Waals surface area contributed by atoms with Gasteiger partial charge in [-0.05, 0) is 43.9 Å². The molecule has 0 spiro atoms. The van der Waals surface area contributed by atoms with Gasteiger partial charge in [0.25, 0.3) is 0 Å². The van der Waals surface area contributed by atoms with Crippen molar-refractivity contribution in [3.8, 4) is 6.07 Å². The van der Waals surface area contributed by atoms with E-state index in [0.29, 0.717) is 37.0 Å². The van der Waals surface area contributed by atoms with Gasteiger partial charge >= 0.3 is 0 Å². The van der Waals surface area contributed by atoms with Crippen LogP contribution in [-0.4, -0.2) is 49.3 Å². The van der Waals surface area contributed by atoms with Gasteiger partial charge in [0.1, 0.15) is 5.54 Å². The van der Waals surface area contributed by atoms with Crippen LogP contribution in [0.1, 0.15) is 45.6 Å². The summed E-state index contributed by atoms with van der Waals surface area (Å²) >= 11 is 0. The minimum absolute atomic E-state index is 0.350. The smallest absolute Gasteiger partial charge is 0.243 e. The van der Waals surface area contributed by atoms with Crippen LogP contribution < -0.4 is 0 Å². The predicted molar refractivity (Wildman–Crippen MR) is 95.2 cm³/mol. The molecular formula is C18H27N3O2S. The first kappa shape index (κ1) is 18.9. The van der Waals surface area contributed by atoms with Gasteiger partial charge in [-0.25, -0.2) is 8.42 Å². The van der Waals surface area contributed by atoms with Crippen LogP contribution in [0.15, 0.2) is 29.2 Å². The van der Waals surface area contributed by atoms with Gasteiger partial charge in [0.2, 0.25) is 10.0 Å². The molecule has 1 aromatic rings. The molecule has 0 radical (unpaired) electrons. The second-order valence-electron chi connectivity index (χ2n) is 6.94. The van der Waals surface area contributed by atoms with Gasteiger partial charge < -0.3 is 0 Å². The molecule has 0 amide bonds. The third-order valence-electron chi connectivity index (χ3n) is 5.00. The summed E-state index contributed by atoms with van der Waals surface area (Å²) in [6.07, 6.45) is 1.03. The van der Waals surface area contributed by atoms with Crippen LogP contribution in [0.4, 0.5) is 0 Å². The lowest BCUT2D eigenvalue weighted by Gasteiger charge is -2.39. The Kier molecular flexibility index (Phi) is 5.69. The fraction of sp³-hybridized carbons (Fsp3) is 0.611. The highest BCUT2D eigenvalue weighted by atomic mass is 32.2. The van der Waals surface area contributed by atoms with E-state index < -0.39 is 15.6 Å². The number of benzene rings is 1. The molecule has 1 aliphatic rings. The second-order valence-corrected chi connectivity index (χ2v) is 8.88. The van der Waals surface area contributed by atoms with E-state index in [0.717, 1.165) is 12.0 Å². The maximum Gasteiger partial charge on any atom is 0.243 e. The number of nitrogens with zero attached hydrogens (tertiary/aromatic N) is 3. The quantitative estimate of drug-likeness (QED) is 0.820. The number of nitriles is 1. The SMILES string of the molecule is CCC(C)c1ccc(S(=O)(=O)N2CCN(C(C)(C)C#N)CC2)cc1. The molecule has 1 fully saturated rings. The summed E-state index contributed by atoms with van der Waals surface area (Å²) in [5.74, 6) is 0.429. The maximum absolute atomic E-state index is 12.8. The monoisotopic (exact) mass is 349 g/mol. The van der Waals surface area contributed by atoms with E-state index >= 15 is 0 Å². The lowest BCUT2D eigenvalue weighted by molar-refractivity contribution is 0.115. The van der Waals surface area contributed by atoms with Crippen LogP contribution in [0.5, 0.6) is 0 Å². The number of sulfonamides is 1. The molecule has 1 unspecified atom stereocenters. The van der Waals surface area contributed by atoms with Crippen LogP contribution in [0.25, 0.3) is 0 Å². The van der Waals surface area contributed by atoms with Crippen molar-refractivity contribution in [1.82, 2.24) is 9.21 Å². The van der Waals surface area contributed by atoms with Crippen molar-refractivity contribution in [2.24, 2.45) is 0 Å². The zero-order valence-corrected chi connectivity index (χ0v) is 15.8. The maximum atomic E-state index is 12.8. The Morgan fingerprint density at radius 3 is 2.17 bits per heavy atom. The van der Waals surface area contributed by atoms with E-state index in [4.69, 9.17) is 0 Å². The van der Waals surface area contributed by atoms with E-state index in [1.807, 2.05) is 30.9 Å². The molecule has 0 N–H and O–H groups in total. The lowest BCUT2D eigenvalue weighted by atomic mass is 9.99. The first-order valence-corrected chi connectivity index (χ1v) is 9.92. The first-order chi connectivity index (χ1) is 11.2. The van der Waals surface area contributed by atoms with Gasteiger partial charge in [0.15, 0.2) is 0 Å². The summed E-state index contributed by atoms with van der Waals surface area (Å²) in [5, 5.41) is 9.22. The minimum Gasteiger partial charge on any atom is -0.283 e. The highest BCUT2D eigenvalue weighted by Gasteiger charge is 2.34. The summed E-state index contributed by atoms with van der Waals surface area (Å²) in [6, 6.07) is 9.52. The third kappa shape index (κ3) is 3.80. The Balaban J connectivity index is 2.11. The van der Waals surface area contributed by atoms with E-state index in [1.54, 1.807) is 12.1 Å². The third-order valence-corrected chi connectivity index (χ3v) is 6.91. The van der Waals surface area contributed by atoms with Gasteiger partial charge in [-0.15, -0.1) is 0 Å². The molecule has 0 aromatic heterocycles. The fourth-order valence-corrected chi connectivity index (χ4v) is 4.33. The van der Waals surface area contributed by atoms with Gasteiger partial charge in [-0.1, -0.05) is 26.0 Å². The van der Waals surface area contributed by atoms with Gasteiger partial charge in [-0.2, -0.15) is 9.57 Å². The number of rotatable bonds is 5. The summed E-state index contributed by atoms with van der Waals surface area (Å²) in [5.41, 5.74) is 0.602. The van der Waals surface area contributed by atoms with Crippen LogP contribution >= 0.6 is 0 Å². The zero-order chi connectivity index (χ0) is 18.0. The molecule has 6 heteroatoms. The molecule has 5 nitrogen and oxygen atoms in total. The van der Waals surface area contributed by atoms with Gasteiger partial charge in [0.05, 0.1) is 11.0 Å². The standard InChI is InChI=1S/C18H27N3O2S/c1-5-15(2)16-6-8-17(9-7-16)24(22,23)21-12-10-20(11-13-21)18(3,4)14-19/h6-9,15H,5,10-13H2,1-4H3. The van der Waals surface area contributed by atoms with Crippen LogP contribution in [-0.2, 0) is 10.0 Å². The van der Waals surface area contributed by atoms with E-state index in [9.17, 15) is 13.7 Å². The number of hydrogen-bond donors (Lipinski definition) is 0. The highest BCUT2D eigenvalue weighted by Crippen LogP contribution is 2.24. The summed E-state index contributed by atoms with van der Waals surface area (Å²) in [7, 11) is -3.46. The first-order valence-electron chi connectivity index (χ1n) is 8.48. The molecule has 0 saturated carbocycles. The molecule has 0 bridgehead atoms. The van der Waals surface area contributed by atoms with Crippen molar-refractivity contribution in [2.45, 2.75) is 50.5 Å². The number of hydrogen-bond acceptors (Lipinski definition) is 4. The van der Waals surface area contributed by atoms with Crippen LogP contribution in [0.3, 0.4) is 0 Å². The molecule has 1 atom stereocenters. The highest BCUT2D eigenvalue weighted by molar-refractivity contribution is 7.89. The average Bonchev–Trinajstić information content (AvgIpc) is 2.61. The van der Waals surface area contributed by atoms with Crippen molar-refractivity contribution >= 4 is 10.0 Å². The molecule has 0 aliphatic carbocycles. The predicted octanol–water partition coefficient (Wildman–Crippen LogP) is 2.81. The molecule has 1 heterocycles. The van der Waals surface area contributed by atoms with E-state index in [-0.39, 0.29) is 0 Å². The van der Waals surface area contributed by atoms with Crippen molar-refractivity contribution in [3.05, 3.63) is 29.8 Å². The molecule has 132 valence electrons. The molecule has 1 aromatic carbocycles. The molecule has 24 heavy (non-hydrogen) atoms. The Morgan fingerprint density at radius 1 is 1.17 bits per heavy atom. The van der Waals surface area contributed by atoms with E-state index in [1.165, 1.54) is 4.31 Å². The van der Waals surface area contributed by atoms with Crippen molar-refractivity contribution < 1.29 is 8.42 Å². The summed E-state index contributed by atoms with van der Waals surface area (Å²) in [4.78, 5) is 2.38. The average molecular weight is 350 g/mol. The Labute approximate surface area is 145 Å². The van der Waals surface area contributed by atoms with Crippen molar-refractivity contribution in [2.75, 3.05) is 26.2 Å². The normalized spacial score (nSPS) is 19.0. The van der Waals surface area contributed by atoms with Crippen LogP contribution in [0.2, 0.25) is 0 Å². The zero-order valence-electron chi connectivity index (χ0n) is 15.0. The second kappa shape index (κ2) is 7.22. The lowest BCUT2D eigenvalue weighted by Crippen LogP contribution is -2.55. The van der Waals surface area contributed by atoms with Crippen LogP contribution in [0, 0.1) is 11.3 Å². The van der Waals surface area contributed by atoms with Gasteiger partial charge in [0, 0.05) is 26.2 Å². The van der Waals surface area contributed by atoms with Gasteiger partial charge in [-0.3, -0.25) is 4.90 Å². The molecule has 2 rings (SSSR count). The summed E-state index contributed by atoms with van der Waals surface area (Å²) in [6.45, 7) is 9.98. The Bertz CT molecular complexity index is 697. The molecule has 1 aliphatic heterocycles. The Hall–Kier alpha value is -1.42. The minimum atomic E-state index is -3.46. The van der Waals surface area contributed by atoms with E-state index in [2.05, 4.69) is 19.9 Å². The fourth-order valence-electron chi connectivity index (χ4n) is 2.91. The Morgan fingerprint density at radius 2 is 1.71 bits per heavy atom. The molecular weight excluding hydrogens is 322 g/mol.